The average molecular weight is 488 g/mol. The molecule has 1 heterocycles. The number of aromatic nitrogens is 1. The van der Waals surface area contributed by atoms with Crippen LogP contribution >= 0.6 is 35.3 Å². The Labute approximate surface area is 177 Å². The number of hydrogen-bond donors (Lipinski definition) is 2. The van der Waals surface area contributed by atoms with Crippen LogP contribution in [0.5, 0.6) is 0 Å². The first kappa shape index (κ1) is 22.9. The number of hydrogen-bond acceptors (Lipinski definition) is 4. The number of nitrogens with zero attached hydrogens (tertiary/aromatic N) is 2. The Morgan fingerprint density at radius 1 is 1.19 bits per heavy atom. The van der Waals surface area contributed by atoms with Crippen LogP contribution in [0.15, 0.2) is 41.5 Å². The first-order valence-corrected chi connectivity index (χ1v) is 9.71. The molecule has 2 aromatic rings. The summed E-state index contributed by atoms with van der Waals surface area (Å²) >= 11 is 1.79. The van der Waals surface area contributed by atoms with E-state index in [0.29, 0.717) is 19.8 Å². The lowest BCUT2D eigenvalue weighted by molar-refractivity contribution is 0.128. The molecule has 2 N–H and O–H groups in total. The minimum absolute atomic E-state index is 0. The van der Waals surface area contributed by atoms with Crippen LogP contribution in [0.25, 0.3) is 0 Å². The van der Waals surface area contributed by atoms with Crippen molar-refractivity contribution in [1.82, 2.24) is 15.6 Å². The number of aryl methyl sites for hydroxylation is 1. The van der Waals surface area contributed by atoms with Crippen LogP contribution in [0.3, 0.4) is 0 Å². The highest BCUT2D eigenvalue weighted by molar-refractivity contribution is 14.0. The molecule has 0 unspecified atom stereocenters. The molecule has 0 radical (unpaired) electrons. The van der Waals surface area contributed by atoms with E-state index in [9.17, 15) is 0 Å². The van der Waals surface area contributed by atoms with Gasteiger partial charge in [-0.3, -0.25) is 4.99 Å². The summed E-state index contributed by atoms with van der Waals surface area (Å²) in [7, 11) is 0. The number of aliphatic imine (C=N–C) groups is 1. The number of thiazole rings is 1. The quantitative estimate of drug-likeness (QED) is 0.232. The maximum atomic E-state index is 5.67. The van der Waals surface area contributed by atoms with Crippen molar-refractivity contribution in [3.63, 3.8) is 0 Å². The Morgan fingerprint density at radius 2 is 2.00 bits per heavy atom. The van der Waals surface area contributed by atoms with E-state index in [-0.39, 0.29) is 24.0 Å². The molecule has 0 fully saturated rings. The van der Waals surface area contributed by atoms with Crippen LogP contribution in [0.1, 0.15) is 29.3 Å². The third-order valence-corrected chi connectivity index (χ3v) is 4.74. The van der Waals surface area contributed by atoms with Crippen molar-refractivity contribution in [3.8, 4) is 0 Å². The molecule has 0 amide bonds. The van der Waals surface area contributed by atoms with Gasteiger partial charge in [0, 0.05) is 30.6 Å². The van der Waals surface area contributed by atoms with Crippen molar-refractivity contribution >= 4 is 41.3 Å². The van der Waals surface area contributed by atoms with Gasteiger partial charge in [0.1, 0.15) is 0 Å². The smallest absolute Gasteiger partial charge is 0.191 e. The molecule has 1 aromatic carbocycles. The Balaban J connectivity index is 0.00000338. The fraction of sp³-hybridized carbons (Fsp3) is 0.474. The van der Waals surface area contributed by atoms with Crippen molar-refractivity contribution in [2.75, 3.05) is 26.2 Å². The van der Waals surface area contributed by atoms with Crippen molar-refractivity contribution < 1.29 is 4.74 Å². The molecule has 144 valence electrons. The van der Waals surface area contributed by atoms with E-state index in [4.69, 9.17) is 4.74 Å². The Morgan fingerprint density at radius 3 is 2.69 bits per heavy atom. The molecule has 0 saturated heterocycles. The highest BCUT2D eigenvalue weighted by Crippen LogP contribution is 2.13. The summed E-state index contributed by atoms with van der Waals surface area (Å²) in [5, 5.41) is 7.79. The minimum atomic E-state index is 0. The number of halogens is 1. The van der Waals surface area contributed by atoms with Crippen LogP contribution in [-0.4, -0.2) is 37.2 Å². The topological polar surface area (TPSA) is 58.5 Å². The number of rotatable bonds is 10. The van der Waals surface area contributed by atoms with E-state index < -0.39 is 0 Å². The molecule has 0 aliphatic heterocycles. The van der Waals surface area contributed by atoms with E-state index in [1.165, 1.54) is 15.4 Å². The zero-order valence-corrected chi connectivity index (χ0v) is 18.7. The first-order chi connectivity index (χ1) is 12.3. The summed E-state index contributed by atoms with van der Waals surface area (Å²) < 4.78 is 5.67. The molecular weight excluding hydrogens is 459 g/mol. The summed E-state index contributed by atoms with van der Waals surface area (Å²) in [6.07, 6.45) is 3.95. The standard InChI is InChI=1S/C19H28N4OS.HI/c1-3-17-14-23-18(25-17)10-11-21-19(20-4-2)22-12-13-24-15-16-8-6-5-7-9-16;/h5-9,14H,3-4,10-13,15H2,1-2H3,(H2,20,21,22);1H. The molecule has 0 bridgehead atoms. The molecule has 5 nitrogen and oxygen atoms in total. The SMILES string of the molecule is CCNC(=NCCOCc1ccccc1)NCCc1ncc(CC)s1.I. The molecule has 0 saturated carbocycles. The predicted octanol–water partition coefficient (Wildman–Crippen LogP) is 3.64. The monoisotopic (exact) mass is 488 g/mol. The van der Waals surface area contributed by atoms with Crippen LogP contribution in [0.2, 0.25) is 0 Å². The van der Waals surface area contributed by atoms with Crippen LogP contribution < -0.4 is 10.6 Å². The van der Waals surface area contributed by atoms with Gasteiger partial charge >= 0.3 is 0 Å². The Hall–Kier alpha value is -1.19. The lowest BCUT2D eigenvalue weighted by Gasteiger charge is -2.10. The summed E-state index contributed by atoms with van der Waals surface area (Å²) in [4.78, 5) is 10.3. The predicted molar refractivity (Wildman–Crippen MR) is 121 cm³/mol. The Kier molecular flexibility index (Phi) is 12.3. The second kappa shape index (κ2) is 13.9. The van der Waals surface area contributed by atoms with Gasteiger partial charge in [-0.15, -0.1) is 35.3 Å². The summed E-state index contributed by atoms with van der Waals surface area (Å²) in [6.45, 7) is 7.77. The van der Waals surface area contributed by atoms with Gasteiger partial charge in [-0.25, -0.2) is 4.98 Å². The van der Waals surface area contributed by atoms with Crippen LogP contribution in [0, 0.1) is 0 Å². The zero-order chi connectivity index (χ0) is 17.7. The molecule has 0 spiro atoms. The van der Waals surface area contributed by atoms with E-state index in [0.717, 1.165) is 31.9 Å². The normalized spacial score (nSPS) is 11.1. The van der Waals surface area contributed by atoms with Gasteiger partial charge in [0.25, 0.3) is 0 Å². The molecule has 7 heteroatoms. The Bertz CT molecular complexity index is 633. The average Bonchev–Trinajstić information content (AvgIpc) is 3.10. The summed E-state index contributed by atoms with van der Waals surface area (Å²) in [5.74, 6) is 0.832. The van der Waals surface area contributed by atoms with Gasteiger partial charge in [0.05, 0.1) is 24.8 Å². The summed E-state index contributed by atoms with van der Waals surface area (Å²) in [5.41, 5.74) is 1.19. The molecule has 0 aliphatic rings. The second-order valence-electron chi connectivity index (χ2n) is 5.55. The number of benzene rings is 1. The largest absolute Gasteiger partial charge is 0.375 e. The maximum absolute atomic E-state index is 5.67. The van der Waals surface area contributed by atoms with Gasteiger partial charge in [0.15, 0.2) is 5.96 Å². The molecule has 26 heavy (non-hydrogen) atoms. The van der Waals surface area contributed by atoms with Gasteiger partial charge in [-0.05, 0) is 18.9 Å². The fourth-order valence-electron chi connectivity index (χ4n) is 2.24. The number of nitrogens with one attached hydrogen (secondary N) is 2. The molecular formula is C19H29IN4OS. The number of guanidine groups is 1. The molecule has 0 aliphatic carbocycles. The minimum Gasteiger partial charge on any atom is -0.375 e. The highest BCUT2D eigenvalue weighted by Gasteiger charge is 2.02. The van der Waals surface area contributed by atoms with E-state index in [1.807, 2.05) is 24.4 Å². The summed E-state index contributed by atoms with van der Waals surface area (Å²) in [6, 6.07) is 10.2. The van der Waals surface area contributed by atoms with Gasteiger partial charge in [-0.2, -0.15) is 0 Å². The van der Waals surface area contributed by atoms with E-state index in [1.54, 1.807) is 11.3 Å². The third-order valence-electron chi connectivity index (χ3n) is 3.54. The third kappa shape index (κ3) is 8.95. The second-order valence-corrected chi connectivity index (χ2v) is 6.75. The first-order valence-electron chi connectivity index (χ1n) is 8.89. The van der Waals surface area contributed by atoms with E-state index in [2.05, 4.69) is 46.6 Å². The van der Waals surface area contributed by atoms with Crippen molar-refractivity contribution in [2.45, 2.75) is 33.3 Å². The van der Waals surface area contributed by atoms with Crippen LogP contribution in [0.4, 0.5) is 0 Å². The number of ether oxygens (including phenoxy) is 1. The lowest BCUT2D eigenvalue weighted by atomic mass is 10.2. The van der Waals surface area contributed by atoms with Crippen molar-refractivity contribution in [3.05, 3.63) is 52.0 Å². The fourth-order valence-corrected chi connectivity index (χ4v) is 3.10. The molecule has 1 aromatic heterocycles. The molecule has 2 rings (SSSR count). The zero-order valence-electron chi connectivity index (χ0n) is 15.5. The van der Waals surface area contributed by atoms with E-state index >= 15 is 0 Å². The lowest BCUT2D eigenvalue weighted by Crippen LogP contribution is -2.38. The van der Waals surface area contributed by atoms with Gasteiger partial charge in [0.2, 0.25) is 0 Å². The van der Waals surface area contributed by atoms with Gasteiger partial charge < -0.3 is 15.4 Å². The molecule has 0 atom stereocenters. The highest BCUT2D eigenvalue weighted by atomic mass is 127. The van der Waals surface area contributed by atoms with Gasteiger partial charge in [-0.1, -0.05) is 37.3 Å². The van der Waals surface area contributed by atoms with Crippen molar-refractivity contribution in [2.24, 2.45) is 4.99 Å². The van der Waals surface area contributed by atoms with Crippen LogP contribution in [-0.2, 0) is 24.2 Å². The maximum Gasteiger partial charge on any atom is 0.191 e. The van der Waals surface area contributed by atoms with Crippen molar-refractivity contribution in [1.29, 1.82) is 0 Å².